The monoisotopic (exact) mass is 340 g/mol. The lowest BCUT2D eigenvalue weighted by molar-refractivity contribution is -0.930. The minimum absolute atomic E-state index is 0.0226. The molecule has 0 spiro atoms. The first-order valence-corrected chi connectivity index (χ1v) is 8.87. The highest BCUT2D eigenvalue weighted by molar-refractivity contribution is 6.31. The van der Waals surface area contributed by atoms with Gasteiger partial charge < -0.3 is 15.1 Å². The summed E-state index contributed by atoms with van der Waals surface area (Å²) in [5.41, 5.74) is 0.531. The van der Waals surface area contributed by atoms with E-state index in [1.165, 1.54) is 50.3 Å². The molecule has 0 unspecified atom stereocenters. The van der Waals surface area contributed by atoms with Gasteiger partial charge in [-0.2, -0.15) is 0 Å². The van der Waals surface area contributed by atoms with Crippen molar-refractivity contribution in [3.05, 3.63) is 29.0 Å². The largest absolute Gasteiger partial charge is 0.330 e. The minimum atomic E-state index is -0.477. The second-order valence-electron chi connectivity index (χ2n) is 6.54. The fourth-order valence-electron chi connectivity index (χ4n) is 3.69. The van der Waals surface area contributed by atoms with Gasteiger partial charge in [0.1, 0.15) is 5.82 Å². The molecule has 0 bridgehead atoms. The zero-order valence-electron chi connectivity index (χ0n) is 13.3. The highest BCUT2D eigenvalue weighted by Gasteiger charge is 2.30. The van der Waals surface area contributed by atoms with E-state index in [4.69, 9.17) is 11.6 Å². The van der Waals surface area contributed by atoms with E-state index in [2.05, 4.69) is 5.32 Å². The standard InChI is InChI=1S/C17H23ClFN3O/c18-15-12-13(6-7-16(15)19)20-17(23)22-10-8-21(9-11-22)14-4-2-1-3-5-14/h6-7,12,14H,1-5,8-11H2,(H,20,23)/p+1. The predicted octanol–water partition coefficient (Wildman–Crippen LogP) is 2.54. The Morgan fingerprint density at radius 2 is 1.91 bits per heavy atom. The van der Waals surface area contributed by atoms with Crippen LogP contribution >= 0.6 is 11.6 Å². The van der Waals surface area contributed by atoms with Gasteiger partial charge in [-0.15, -0.1) is 0 Å². The first kappa shape index (κ1) is 16.5. The zero-order chi connectivity index (χ0) is 16.2. The van der Waals surface area contributed by atoms with Crippen molar-refractivity contribution in [1.82, 2.24) is 4.90 Å². The van der Waals surface area contributed by atoms with E-state index in [-0.39, 0.29) is 11.1 Å². The van der Waals surface area contributed by atoms with Crippen LogP contribution in [0.4, 0.5) is 14.9 Å². The van der Waals surface area contributed by atoms with Crippen LogP contribution in [0, 0.1) is 5.82 Å². The number of rotatable bonds is 2. The summed E-state index contributed by atoms with van der Waals surface area (Å²) in [7, 11) is 0. The SMILES string of the molecule is O=C(Nc1ccc(F)c(Cl)c1)N1CC[NH+](C2CCCCC2)CC1. The number of hydrogen-bond acceptors (Lipinski definition) is 1. The normalized spacial score (nSPS) is 20.5. The van der Waals surface area contributed by atoms with E-state index < -0.39 is 5.82 Å². The first-order chi connectivity index (χ1) is 11.1. The van der Waals surface area contributed by atoms with Crippen molar-refractivity contribution in [2.24, 2.45) is 0 Å². The number of halogens is 2. The van der Waals surface area contributed by atoms with Crippen LogP contribution in [-0.4, -0.2) is 43.2 Å². The number of anilines is 1. The van der Waals surface area contributed by atoms with Crippen LogP contribution in [0.3, 0.4) is 0 Å². The topological polar surface area (TPSA) is 36.8 Å². The summed E-state index contributed by atoms with van der Waals surface area (Å²) in [4.78, 5) is 15.8. The van der Waals surface area contributed by atoms with Crippen molar-refractivity contribution >= 4 is 23.3 Å². The molecule has 3 rings (SSSR count). The van der Waals surface area contributed by atoms with Gasteiger partial charge in [-0.05, 0) is 43.9 Å². The Balaban J connectivity index is 1.50. The summed E-state index contributed by atoms with van der Waals surface area (Å²) >= 11 is 5.74. The molecule has 0 aromatic heterocycles. The number of nitrogens with zero attached hydrogens (tertiary/aromatic N) is 1. The molecule has 1 aliphatic heterocycles. The molecule has 1 aliphatic carbocycles. The lowest BCUT2D eigenvalue weighted by atomic mass is 9.94. The lowest BCUT2D eigenvalue weighted by Crippen LogP contribution is -3.18. The Labute approximate surface area is 141 Å². The number of quaternary nitrogens is 1. The molecular weight excluding hydrogens is 317 g/mol. The number of carbonyl (C=O) groups is 1. The molecule has 2 amide bonds. The van der Waals surface area contributed by atoms with Crippen LogP contribution in [0.15, 0.2) is 18.2 Å². The molecule has 23 heavy (non-hydrogen) atoms. The maximum absolute atomic E-state index is 13.2. The average Bonchev–Trinajstić information content (AvgIpc) is 2.59. The molecule has 0 atom stereocenters. The summed E-state index contributed by atoms with van der Waals surface area (Å²) in [6.07, 6.45) is 6.73. The Morgan fingerprint density at radius 3 is 2.57 bits per heavy atom. The molecule has 1 saturated heterocycles. The second kappa shape index (κ2) is 7.49. The van der Waals surface area contributed by atoms with E-state index in [0.717, 1.165) is 32.2 Å². The van der Waals surface area contributed by atoms with Crippen LogP contribution in [0.5, 0.6) is 0 Å². The Kier molecular flexibility index (Phi) is 5.38. The van der Waals surface area contributed by atoms with Gasteiger partial charge in [-0.1, -0.05) is 18.0 Å². The number of benzene rings is 1. The van der Waals surface area contributed by atoms with E-state index in [1.54, 1.807) is 4.90 Å². The van der Waals surface area contributed by atoms with Gasteiger partial charge >= 0.3 is 6.03 Å². The number of amides is 2. The van der Waals surface area contributed by atoms with E-state index in [1.807, 2.05) is 4.90 Å². The summed E-state index contributed by atoms with van der Waals surface area (Å²) in [5, 5.41) is 2.82. The molecule has 1 saturated carbocycles. The molecule has 4 nitrogen and oxygen atoms in total. The third kappa shape index (κ3) is 4.15. The summed E-state index contributed by atoms with van der Waals surface area (Å²) < 4.78 is 13.2. The van der Waals surface area contributed by atoms with Gasteiger partial charge in [0.2, 0.25) is 0 Å². The van der Waals surface area contributed by atoms with Crippen molar-refractivity contribution in [2.75, 3.05) is 31.5 Å². The molecule has 2 aliphatic rings. The third-order valence-electron chi connectivity index (χ3n) is 5.05. The quantitative estimate of drug-likeness (QED) is 0.853. The van der Waals surface area contributed by atoms with Crippen molar-refractivity contribution in [2.45, 2.75) is 38.1 Å². The molecule has 1 aromatic rings. The second-order valence-corrected chi connectivity index (χ2v) is 6.95. The van der Waals surface area contributed by atoms with Crippen molar-refractivity contribution in [3.63, 3.8) is 0 Å². The summed E-state index contributed by atoms with van der Waals surface area (Å²) in [5.74, 6) is -0.477. The molecule has 1 aromatic carbocycles. The Hall–Kier alpha value is -1.33. The first-order valence-electron chi connectivity index (χ1n) is 8.49. The van der Waals surface area contributed by atoms with Gasteiger partial charge in [-0.3, -0.25) is 0 Å². The number of piperazine rings is 1. The molecule has 2 N–H and O–H groups in total. The minimum Gasteiger partial charge on any atom is -0.330 e. The van der Waals surface area contributed by atoms with Crippen molar-refractivity contribution < 1.29 is 14.1 Å². The number of hydrogen-bond donors (Lipinski definition) is 2. The maximum atomic E-state index is 13.2. The van der Waals surface area contributed by atoms with Crippen LogP contribution < -0.4 is 10.2 Å². The Morgan fingerprint density at radius 1 is 1.22 bits per heavy atom. The van der Waals surface area contributed by atoms with Crippen LogP contribution in [0.25, 0.3) is 0 Å². The van der Waals surface area contributed by atoms with E-state index >= 15 is 0 Å². The summed E-state index contributed by atoms with van der Waals surface area (Å²) in [6.45, 7) is 3.57. The van der Waals surface area contributed by atoms with Crippen LogP contribution in [0.1, 0.15) is 32.1 Å². The highest BCUT2D eigenvalue weighted by atomic mass is 35.5. The number of urea groups is 1. The van der Waals surface area contributed by atoms with E-state index in [0.29, 0.717) is 5.69 Å². The van der Waals surface area contributed by atoms with Gasteiger partial charge in [0.05, 0.1) is 37.2 Å². The fourth-order valence-corrected chi connectivity index (χ4v) is 3.87. The number of carbonyl (C=O) groups excluding carboxylic acids is 1. The van der Waals surface area contributed by atoms with Gasteiger partial charge in [0.15, 0.2) is 0 Å². The van der Waals surface area contributed by atoms with Crippen LogP contribution in [-0.2, 0) is 0 Å². The fraction of sp³-hybridized carbons (Fsp3) is 0.588. The molecule has 0 radical (unpaired) electrons. The molecule has 6 heteroatoms. The van der Waals surface area contributed by atoms with Gasteiger partial charge in [-0.25, -0.2) is 9.18 Å². The molecular formula is C17H24ClFN3O+. The third-order valence-corrected chi connectivity index (χ3v) is 5.34. The van der Waals surface area contributed by atoms with Crippen molar-refractivity contribution in [3.8, 4) is 0 Å². The van der Waals surface area contributed by atoms with Crippen molar-refractivity contribution in [1.29, 1.82) is 0 Å². The van der Waals surface area contributed by atoms with Gasteiger partial charge in [0.25, 0.3) is 0 Å². The predicted molar refractivity (Wildman–Crippen MR) is 89.6 cm³/mol. The van der Waals surface area contributed by atoms with E-state index in [9.17, 15) is 9.18 Å². The molecule has 126 valence electrons. The average molecular weight is 341 g/mol. The molecule has 1 heterocycles. The smallest absolute Gasteiger partial charge is 0.322 e. The highest BCUT2D eigenvalue weighted by Crippen LogP contribution is 2.20. The lowest BCUT2D eigenvalue weighted by Gasteiger charge is -2.37. The number of nitrogens with one attached hydrogen (secondary N) is 2. The van der Waals surface area contributed by atoms with Crippen LogP contribution in [0.2, 0.25) is 5.02 Å². The Bertz CT molecular complexity index is 555. The summed E-state index contributed by atoms with van der Waals surface area (Å²) in [6, 6.07) is 4.89. The molecule has 2 fully saturated rings. The maximum Gasteiger partial charge on any atom is 0.322 e. The van der Waals surface area contributed by atoms with Gasteiger partial charge in [0, 0.05) is 5.69 Å². The zero-order valence-corrected chi connectivity index (χ0v) is 14.0.